The van der Waals surface area contributed by atoms with Gasteiger partial charge in [0, 0.05) is 25.2 Å². The van der Waals surface area contributed by atoms with Gasteiger partial charge in [-0.1, -0.05) is 5.16 Å². The number of anilines is 1. The van der Waals surface area contributed by atoms with Gasteiger partial charge in [-0.15, -0.1) is 0 Å². The number of amides is 1. The number of aryl methyl sites for hydroxylation is 2. The molecule has 1 atom stereocenters. The first-order valence-electron chi connectivity index (χ1n) is 8.99. The van der Waals surface area contributed by atoms with Gasteiger partial charge in [0.2, 0.25) is 15.9 Å². The van der Waals surface area contributed by atoms with Crippen LogP contribution in [0.3, 0.4) is 0 Å². The summed E-state index contributed by atoms with van der Waals surface area (Å²) >= 11 is 0. The molecule has 27 heavy (non-hydrogen) atoms. The van der Waals surface area contributed by atoms with E-state index in [0.717, 1.165) is 0 Å². The molecule has 1 saturated heterocycles. The van der Waals surface area contributed by atoms with Crippen LogP contribution in [0.5, 0.6) is 0 Å². The van der Waals surface area contributed by atoms with Crippen LogP contribution in [-0.2, 0) is 14.8 Å². The van der Waals surface area contributed by atoms with Crippen LogP contribution in [0.4, 0.5) is 5.82 Å². The molecule has 10 heteroatoms. The second-order valence-corrected chi connectivity index (χ2v) is 8.97. The molecule has 2 aromatic rings. The summed E-state index contributed by atoms with van der Waals surface area (Å²) < 4.78 is 34.1. The Balaban J connectivity index is 1.76. The number of rotatable bonds is 5. The second kappa shape index (κ2) is 7.43. The van der Waals surface area contributed by atoms with E-state index in [1.807, 2.05) is 13.8 Å². The highest BCUT2D eigenvalue weighted by Crippen LogP contribution is 2.28. The van der Waals surface area contributed by atoms with E-state index in [2.05, 4.69) is 15.6 Å². The maximum atomic E-state index is 13.0. The number of aromatic nitrogens is 3. The first kappa shape index (κ1) is 19.6. The first-order chi connectivity index (χ1) is 12.7. The van der Waals surface area contributed by atoms with Crippen LogP contribution in [0.25, 0.3) is 0 Å². The van der Waals surface area contributed by atoms with E-state index in [9.17, 15) is 13.2 Å². The van der Waals surface area contributed by atoms with Gasteiger partial charge in [0.25, 0.3) is 0 Å². The van der Waals surface area contributed by atoms with Crippen LogP contribution in [0.1, 0.15) is 44.2 Å². The fraction of sp³-hybridized carbons (Fsp3) is 0.588. The minimum absolute atomic E-state index is 0.0986. The van der Waals surface area contributed by atoms with Gasteiger partial charge in [0.15, 0.2) is 5.76 Å². The smallest absolute Gasteiger partial charge is 0.248 e. The molecule has 1 unspecified atom stereocenters. The van der Waals surface area contributed by atoms with E-state index in [-0.39, 0.29) is 29.1 Å². The van der Waals surface area contributed by atoms with Crippen LogP contribution in [0.15, 0.2) is 21.7 Å². The van der Waals surface area contributed by atoms with Crippen molar-refractivity contribution in [3.63, 3.8) is 0 Å². The summed E-state index contributed by atoms with van der Waals surface area (Å²) in [6.45, 7) is 7.63. The lowest BCUT2D eigenvalue weighted by atomic mass is 9.99. The Morgan fingerprint density at radius 1 is 1.37 bits per heavy atom. The zero-order valence-electron chi connectivity index (χ0n) is 16.0. The van der Waals surface area contributed by atoms with Crippen LogP contribution in [0, 0.1) is 19.8 Å². The number of nitrogens with zero attached hydrogens (tertiary/aromatic N) is 4. The van der Waals surface area contributed by atoms with E-state index in [0.29, 0.717) is 30.9 Å². The van der Waals surface area contributed by atoms with Crippen LogP contribution >= 0.6 is 0 Å². The number of piperidine rings is 1. The molecule has 0 aliphatic carbocycles. The third-order valence-corrected chi connectivity index (χ3v) is 6.84. The molecule has 9 nitrogen and oxygen atoms in total. The lowest BCUT2D eigenvalue weighted by molar-refractivity contribution is -0.120. The van der Waals surface area contributed by atoms with Gasteiger partial charge >= 0.3 is 0 Å². The van der Waals surface area contributed by atoms with Crippen molar-refractivity contribution in [2.45, 2.75) is 51.5 Å². The molecule has 0 spiro atoms. The van der Waals surface area contributed by atoms with Crippen molar-refractivity contribution in [2.24, 2.45) is 5.92 Å². The minimum Gasteiger partial charge on any atom is -0.360 e. The predicted molar refractivity (Wildman–Crippen MR) is 98.7 cm³/mol. The standard InChI is InChI=1S/C17H25N5O4S/c1-11(2)22-15(7-8-18-22)19-17(23)14-6-5-9-21(10-14)27(24,25)16-12(3)20-26-13(16)4/h7-8,11,14H,5-6,9-10H2,1-4H3,(H,19,23). The fourth-order valence-corrected chi connectivity index (χ4v) is 5.21. The minimum atomic E-state index is -3.75. The summed E-state index contributed by atoms with van der Waals surface area (Å²) in [5.74, 6) is 0.251. The molecule has 0 saturated carbocycles. The Morgan fingerprint density at radius 2 is 2.11 bits per heavy atom. The van der Waals surface area contributed by atoms with Gasteiger partial charge in [-0.05, 0) is 40.5 Å². The Bertz CT molecular complexity index is 912. The van der Waals surface area contributed by atoms with Crippen molar-refractivity contribution in [1.29, 1.82) is 0 Å². The van der Waals surface area contributed by atoms with E-state index >= 15 is 0 Å². The second-order valence-electron chi connectivity index (χ2n) is 7.10. The van der Waals surface area contributed by atoms with Crippen molar-refractivity contribution in [1.82, 2.24) is 19.2 Å². The molecule has 1 fully saturated rings. The molecule has 3 rings (SSSR count). The maximum absolute atomic E-state index is 13.0. The van der Waals surface area contributed by atoms with Crippen molar-refractivity contribution < 1.29 is 17.7 Å². The zero-order valence-corrected chi connectivity index (χ0v) is 16.8. The van der Waals surface area contributed by atoms with Crippen molar-refractivity contribution in [2.75, 3.05) is 18.4 Å². The maximum Gasteiger partial charge on any atom is 0.248 e. The lowest BCUT2D eigenvalue weighted by Crippen LogP contribution is -2.44. The Morgan fingerprint density at radius 3 is 2.74 bits per heavy atom. The zero-order chi connectivity index (χ0) is 19.8. The van der Waals surface area contributed by atoms with Crippen LogP contribution < -0.4 is 5.32 Å². The van der Waals surface area contributed by atoms with E-state index in [4.69, 9.17) is 4.52 Å². The monoisotopic (exact) mass is 395 g/mol. The molecule has 1 amide bonds. The highest BCUT2D eigenvalue weighted by molar-refractivity contribution is 7.89. The topological polar surface area (TPSA) is 110 Å². The molecule has 0 bridgehead atoms. The summed E-state index contributed by atoms with van der Waals surface area (Å²) in [6, 6.07) is 1.84. The fourth-order valence-electron chi connectivity index (χ4n) is 3.40. The average molecular weight is 395 g/mol. The SMILES string of the molecule is Cc1noc(C)c1S(=O)(=O)N1CCCC(C(=O)Nc2ccnn2C(C)C)C1. The molecule has 1 aliphatic heterocycles. The first-order valence-corrected chi connectivity index (χ1v) is 10.4. The average Bonchev–Trinajstić information content (AvgIpc) is 3.21. The number of hydrogen-bond acceptors (Lipinski definition) is 6. The molecule has 148 valence electrons. The van der Waals surface area contributed by atoms with Crippen LogP contribution in [-0.4, -0.2) is 46.7 Å². The van der Waals surface area contributed by atoms with E-state index in [1.165, 1.54) is 4.31 Å². The highest BCUT2D eigenvalue weighted by atomic mass is 32.2. The van der Waals surface area contributed by atoms with Crippen molar-refractivity contribution in [3.05, 3.63) is 23.7 Å². The predicted octanol–water partition coefficient (Wildman–Crippen LogP) is 2.11. The summed E-state index contributed by atoms with van der Waals surface area (Å²) in [7, 11) is -3.75. The largest absolute Gasteiger partial charge is 0.360 e. The Hall–Kier alpha value is -2.20. The molecular formula is C17H25N5O4S. The Labute approximate surface area is 158 Å². The van der Waals surface area contributed by atoms with E-state index in [1.54, 1.807) is 30.8 Å². The van der Waals surface area contributed by atoms with Gasteiger partial charge in [0.1, 0.15) is 16.4 Å². The third kappa shape index (κ3) is 3.77. The van der Waals surface area contributed by atoms with E-state index < -0.39 is 15.9 Å². The molecule has 1 N–H and O–H groups in total. The summed E-state index contributed by atoms with van der Waals surface area (Å²) in [4.78, 5) is 12.8. The number of hydrogen-bond donors (Lipinski definition) is 1. The number of carbonyl (C=O) groups is 1. The summed E-state index contributed by atoms with van der Waals surface area (Å²) in [5, 5.41) is 10.8. The van der Waals surface area contributed by atoms with Crippen LogP contribution in [0.2, 0.25) is 0 Å². The quantitative estimate of drug-likeness (QED) is 0.830. The molecule has 3 heterocycles. The number of nitrogens with one attached hydrogen (secondary N) is 1. The third-order valence-electron chi connectivity index (χ3n) is 4.73. The lowest BCUT2D eigenvalue weighted by Gasteiger charge is -2.31. The van der Waals surface area contributed by atoms with Gasteiger partial charge in [-0.3, -0.25) is 4.79 Å². The van der Waals surface area contributed by atoms with Crippen molar-refractivity contribution >= 4 is 21.7 Å². The molecule has 2 aromatic heterocycles. The molecule has 0 radical (unpaired) electrons. The normalized spacial score (nSPS) is 18.8. The highest BCUT2D eigenvalue weighted by Gasteiger charge is 2.36. The van der Waals surface area contributed by atoms with Gasteiger partial charge in [-0.25, -0.2) is 13.1 Å². The number of sulfonamides is 1. The molecular weight excluding hydrogens is 370 g/mol. The number of carbonyl (C=O) groups excluding carboxylic acids is 1. The van der Waals surface area contributed by atoms with Gasteiger partial charge in [0.05, 0.1) is 12.1 Å². The molecule has 1 aliphatic rings. The Kier molecular flexibility index (Phi) is 5.38. The summed E-state index contributed by atoms with van der Waals surface area (Å²) in [6.07, 6.45) is 2.88. The molecule has 0 aromatic carbocycles. The van der Waals surface area contributed by atoms with Crippen molar-refractivity contribution in [3.8, 4) is 0 Å². The summed E-state index contributed by atoms with van der Waals surface area (Å²) in [5.41, 5.74) is 0.333. The van der Waals surface area contributed by atoms with Gasteiger partial charge < -0.3 is 9.84 Å². The van der Waals surface area contributed by atoms with Gasteiger partial charge in [-0.2, -0.15) is 9.40 Å².